The first kappa shape index (κ1) is 17.4. The molecule has 1 unspecified atom stereocenters. The highest BCUT2D eigenvalue weighted by molar-refractivity contribution is 5.84. The van der Waals surface area contributed by atoms with Gasteiger partial charge in [0.15, 0.2) is 5.82 Å². The molecule has 1 aromatic heterocycles. The van der Waals surface area contributed by atoms with Gasteiger partial charge in [0, 0.05) is 19.0 Å². The van der Waals surface area contributed by atoms with Gasteiger partial charge in [-0.3, -0.25) is 9.36 Å². The van der Waals surface area contributed by atoms with E-state index in [-0.39, 0.29) is 11.8 Å². The minimum atomic E-state index is -0.779. The van der Waals surface area contributed by atoms with Crippen molar-refractivity contribution < 1.29 is 9.53 Å². The standard InChI is InChI=1S/C17H29N5O2/c1-13(2)15-20-19-14-11-24-12-17(3,22(14)15)16(23)18-7-10-21-8-5-4-6-9-21/h13H,4-12H2,1-3H3,(H,18,23). The predicted molar refractivity (Wildman–Crippen MR) is 90.7 cm³/mol. The number of hydrogen-bond donors (Lipinski definition) is 1. The highest BCUT2D eigenvalue weighted by Crippen LogP contribution is 2.29. The van der Waals surface area contributed by atoms with E-state index in [1.165, 1.54) is 19.3 Å². The van der Waals surface area contributed by atoms with E-state index in [0.29, 0.717) is 19.8 Å². The van der Waals surface area contributed by atoms with Gasteiger partial charge in [0.05, 0.1) is 6.61 Å². The van der Waals surface area contributed by atoms with Gasteiger partial charge in [0.1, 0.15) is 18.0 Å². The monoisotopic (exact) mass is 335 g/mol. The van der Waals surface area contributed by atoms with E-state index in [0.717, 1.165) is 31.3 Å². The second-order valence-electron chi connectivity index (χ2n) is 7.39. The number of aromatic nitrogens is 3. The highest BCUT2D eigenvalue weighted by atomic mass is 16.5. The first-order chi connectivity index (χ1) is 11.5. The zero-order valence-corrected chi connectivity index (χ0v) is 15.0. The Hall–Kier alpha value is -1.47. The van der Waals surface area contributed by atoms with Gasteiger partial charge >= 0.3 is 0 Å². The molecule has 1 atom stereocenters. The topological polar surface area (TPSA) is 72.3 Å². The molecule has 3 heterocycles. The molecule has 134 valence electrons. The van der Waals surface area contributed by atoms with Crippen molar-refractivity contribution in [2.24, 2.45) is 0 Å². The second kappa shape index (κ2) is 7.19. The maximum absolute atomic E-state index is 12.9. The van der Waals surface area contributed by atoms with Crippen LogP contribution in [0.15, 0.2) is 0 Å². The molecule has 0 aliphatic carbocycles. The first-order valence-corrected chi connectivity index (χ1v) is 9.05. The number of rotatable bonds is 5. The summed E-state index contributed by atoms with van der Waals surface area (Å²) >= 11 is 0. The molecule has 0 spiro atoms. The van der Waals surface area contributed by atoms with E-state index in [2.05, 4.69) is 34.3 Å². The highest BCUT2D eigenvalue weighted by Gasteiger charge is 2.42. The van der Waals surface area contributed by atoms with Crippen LogP contribution in [0.25, 0.3) is 0 Å². The van der Waals surface area contributed by atoms with Gasteiger partial charge in [-0.1, -0.05) is 20.3 Å². The normalized spacial score (nSPS) is 24.8. The van der Waals surface area contributed by atoms with Gasteiger partial charge in [-0.25, -0.2) is 0 Å². The number of hydrogen-bond acceptors (Lipinski definition) is 5. The maximum atomic E-state index is 12.9. The molecular formula is C17H29N5O2. The Morgan fingerprint density at radius 1 is 1.29 bits per heavy atom. The van der Waals surface area contributed by atoms with Crippen LogP contribution >= 0.6 is 0 Å². The van der Waals surface area contributed by atoms with E-state index in [1.807, 2.05) is 11.5 Å². The molecule has 1 N–H and O–H groups in total. The van der Waals surface area contributed by atoms with Crippen LogP contribution in [0.2, 0.25) is 0 Å². The molecule has 1 aromatic rings. The lowest BCUT2D eigenvalue weighted by Crippen LogP contribution is -2.54. The lowest BCUT2D eigenvalue weighted by molar-refractivity contribution is -0.135. The molecule has 24 heavy (non-hydrogen) atoms. The molecule has 7 nitrogen and oxygen atoms in total. The smallest absolute Gasteiger partial charge is 0.248 e. The van der Waals surface area contributed by atoms with Crippen LogP contribution in [0.3, 0.4) is 0 Å². The fourth-order valence-electron chi connectivity index (χ4n) is 3.61. The van der Waals surface area contributed by atoms with Crippen LogP contribution in [-0.2, 0) is 21.7 Å². The van der Waals surface area contributed by atoms with Gasteiger partial charge < -0.3 is 15.0 Å². The van der Waals surface area contributed by atoms with Crippen molar-refractivity contribution in [1.82, 2.24) is 25.0 Å². The third-order valence-electron chi connectivity index (χ3n) is 5.03. The average molecular weight is 335 g/mol. The molecule has 1 fully saturated rings. The van der Waals surface area contributed by atoms with Crippen LogP contribution < -0.4 is 5.32 Å². The number of piperidine rings is 1. The summed E-state index contributed by atoms with van der Waals surface area (Å²) in [6.45, 7) is 10.7. The van der Waals surface area contributed by atoms with Crippen molar-refractivity contribution in [1.29, 1.82) is 0 Å². The lowest BCUT2D eigenvalue weighted by atomic mass is 9.99. The van der Waals surface area contributed by atoms with Crippen LogP contribution in [0.1, 0.15) is 57.6 Å². The van der Waals surface area contributed by atoms with Gasteiger partial charge in [0.2, 0.25) is 5.91 Å². The van der Waals surface area contributed by atoms with Crippen LogP contribution in [0.4, 0.5) is 0 Å². The number of nitrogens with one attached hydrogen (secondary N) is 1. The first-order valence-electron chi connectivity index (χ1n) is 9.05. The van der Waals surface area contributed by atoms with Gasteiger partial charge in [-0.15, -0.1) is 10.2 Å². The molecule has 0 aromatic carbocycles. The summed E-state index contributed by atoms with van der Waals surface area (Å²) in [6.07, 6.45) is 3.86. The van der Waals surface area contributed by atoms with Crippen molar-refractivity contribution in [2.45, 2.75) is 58.1 Å². The fourth-order valence-corrected chi connectivity index (χ4v) is 3.61. The summed E-state index contributed by atoms with van der Waals surface area (Å²) < 4.78 is 7.61. The molecule has 3 rings (SSSR count). The van der Waals surface area contributed by atoms with Crippen molar-refractivity contribution in [2.75, 3.05) is 32.8 Å². The molecule has 0 radical (unpaired) electrons. The number of likely N-dealkylation sites (tertiary alicyclic amines) is 1. The Balaban J connectivity index is 1.67. The Bertz CT molecular complexity index is 580. The van der Waals surface area contributed by atoms with E-state index in [9.17, 15) is 4.79 Å². The van der Waals surface area contributed by atoms with Gasteiger partial charge in [-0.05, 0) is 32.9 Å². The minimum Gasteiger partial charge on any atom is -0.370 e. The van der Waals surface area contributed by atoms with E-state index in [1.54, 1.807) is 0 Å². The number of carbonyl (C=O) groups is 1. The molecular weight excluding hydrogens is 306 g/mol. The molecule has 0 bridgehead atoms. The number of amides is 1. The molecule has 2 aliphatic rings. The Morgan fingerprint density at radius 3 is 2.75 bits per heavy atom. The van der Waals surface area contributed by atoms with Crippen LogP contribution in [-0.4, -0.2) is 58.4 Å². The predicted octanol–water partition coefficient (Wildman–Crippen LogP) is 1.25. The maximum Gasteiger partial charge on any atom is 0.248 e. The van der Waals surface area contributed by atoms with Gasteiger partial charge in [0.25, 0.3) is 0 Å². The molecule has 1 saturated heterocycles. The Labute approximate surface area is 143 Å². The fraction of sp³-hybridized carbons (Fsp3) is 0.824. The van der Waals surface area contributed by atoms with Crippen molar-refractivity contribution in [3.8, 4) is 0 Å². The Kier molecular flexibility index (Phi) is 5.20. The largest absolute Gasteiger partial charge is 0.370 e. The summed E-state index contributed by atoms with van der Waals surface area (Å²) in [5.74, 6) is 1.78. The third-order valence-corrected chi connectivity index (χ3v) is 5.03. The second-order valence-corrected chi connectivity index (χ2v) is 7.39. The zero-order chi connectivity index (χ0) is 17.2. The molecule has 2 aliphatic heterocycles. The van der Waals surface area contributed by atoms with Gasteiger partial charge in [-0.2, -0.15) is 0 Å². The van der Waals surface area contributed by atoms with E-state index >= 15 is 0 Å². The van der Waals surface area contributed by atoms with Crippen LogP contribution in [0.5, 0.6) is 0 Å². The molecule has 1 amide bonds. The quantitative estimate of drug-likeness (QED) is 0.877. The Morgan fingerprint density at radius 2 is 2.04 bits per heavy atom. The summed E-state index contributed by atoms with van der Waals surface area (Å²) in [4.78, 5) is 15.3. The van der Waals surface area contributed by atoms with E-state index in [4.69, 9.17) is 4.74 Å². The minimum absolute atomic E-state index is 0.0119. The zero-order valence-electron chi connectivity index (χ0n) is 15.0. The summed E-state index contributed by atoms with van der Waals surface area (Å²) in [5.41, 5.74) is -0.779. The number of ether oxygens (including phenoxy) is 1. The SMILES string of the molecule is CC(C)c1nnc2n1C(C)(C(=O)NCCN1CCCCC1)COC2. The summed E-state index contributed by atoms with van der Waals surface area (Å²) in [5, 5.41) is 11.6. The third kappa shape index (κ3) is 3.32. The average Bonchev–Trinajstić information content (AvgIpc) is 3.02. The number of nitrogens with zero attached hydrogens (tertiary/aromatic N) is 4. The number of fused-ring (bicyclic) bond motifs is 1. The number of carbonyl (C=O) groups excluding carboxylic acids is 1. The van der Waals surface area contributed by atoms with Crippen LogP contribution in [0, 0.1) is 0 Å². The summed E-state index contributed by atoms with van der Waals surface area (Å²) in [7, 11) is 0. The molecule has 0 saturated carbocycles. The summed E-state index contributed by atoms with van der Waals surface area (Å²) in [6, 6.07) is 0. The van der Waals surface area contributed by atoms with E-state index < -0.39 is 5.54 Å². The van der Waals surface area contributed by atoms with Crippen molar-refractivity contribution in [3.63, 3.8) is 0 Å². The molecule has 7 heteroatoms. The lowest BCUT2D eigenvalue weighted by Gasteiger charge is -2.36. The van der Waals surface area contributed by atoms with Crippen molar-refractivity contribution in [3.05, 3.63) is 11.6 Å². The van der Waals surface area contributed by atoms with Crippen molar-refractivity contribution >= 4 is 5.91 Å².